The van der Waals surface area contributed by atoms with Crippen LogP contribution in [0.4, 0.5) is 0 Å². The van der Waals surface area contributed by atoms with Crippen LogP contribution in [0.2, 0.25) is 0 Å². The van der Waals surface area contributed by atoms with E-state index in [0.29, 0.717) is 6.42 Å². The van der Waals surface area contributed by atoms with E-state index in [1.165, 1.54) is 0 Å². The lowest BCUT2D eigenvalue weighted by Crippen LogP contribution is -2.31. The maximum Gasteiger partial charge on any atom is 0.0650 e. The molecule has 2 nitrogen and oxygen atoms in total. The lowest BCUT2D eigenvalue weighted by molar-refractivity contribution is 0.0102. The molecule has 0 aromatic rings. The Hall–Kier alpha value is -0.340. The van der Waals surface area contributed by atoms with E-state index in [1.807, 2.05) is 26.0 Å². The molecule has 0 unspecified atom stereocenters. The Bertz CT molecular complexity index is 154. The summed E-state index contributed by atoms with van der Waals surface area (Å²) in [5.41, 5.74) is 0. The third kappa shape index (κ3) is 1.82. The SMILES string of the molecule is C[C@@H]1[C@H](O)[C@H](C)C=CC[C@H]1O. The minimum atomic E-state index is -0.399. The van der Waals surface area contributed by atoms with E-state index < -0.39 is 6.10 Å². The van der Waals surface area contributed by atoms with Crippen molar-refractivity contribution >= 4 is 0 Å². The Balaban J connectivity index is 2.68. The van der Waals surface area contributed by atoms with Gasteiger partial charge in [-0.3, -0.25) is 0 Å². The Morgan fingerprint density at radius 3 is 2.55 bits per heavy atom. The van der Waals surface area contributed by atoms with Gasteiger partial charge in [-0.15, -0.1) is 0 Å². The molecule has 0 saturated heterocycles. The summed E-state index contributed by atoms with van der Waals surface area (Å²) in [6.07, 6.45) is 3.80. The van der Waals surface area contributed by atoms with Crippen molar-refractivity contribution in [1.82, 2.24) is 0 Å². The van der Waals surface area contributed by atoms with Gasteiger partial charge in [0.15, 0.2) is 0 Å². The van der Waals surface area contributed by atoms with E-state index in [0.717, 1.165) is 0 Å². The van der Waals surface area contributed by atoms with Gasteiger partial charge in [-0.1, -0.05) is 26.0 Å². The van der Waals surface area contributed by atoms with Crippen LogP contribution < -0.4 is 0 Å². The van der Waals surface area contributed by atoms with E-state index in [9.17, 15) is 10.2 Å². The molecule has 4 atom stereocenters. The summed E-state index contributed by atoms with van der Waals surface area (Å²) in [6, 6.07) is 0. The van der Waals surface area contributed by atoms with Gasteiger partial charge < -0.3 is 10.2 Å². The minimum Gasteiger partial charge on any atom is -0.392 e. The van der Waals surface area contributed by atoms with Crippen LogP contribution >= 0.6 is 0 Å². The topological polar surface area (TPSA) is 40.5 Å². The molecule has 0 radical (unpaired) electrons. The van der Waals surface area contributed by atoms with Crippen molar-refractivity contribution in [3.63, 3.8) is 0 Å². The second-order valence-electron chi connectivity index (χ2n) is 3.44. The van der Waals surface area contributed by atoms with Crippen molar-refractivity contribution < 1.29 is 10.2 Å². The van der Waals surface area contributed by atoms with Gasteiger partial charge in [0.1, 0.15) is 0 Å². The average Bonchev–Trinajstić information content (AvgIpc) is 2.07. The zero-order valence-corrected chi connectivity index (χ0v) is 7.07. The predicted octanol–water partition coefficient (Wildman–Crippen LogP) is 0.940. The summed E-state index contributed by atoms with van der Waals surface area (Å²) >= 11 is 0. The highest BCUT2D eigenvalue weighted by atomic mass is 16.3. The first-order valence-electron chi connectivity index (χ1n) is 4.15. The van der Waals surface area contributed by atoms with Crippen LogP contribution in [0, 0.1) is 11.8 Å². The van der Waals surface area contributed by atoms with Gasteiger partial charge in [0.05, 0.1) is 12.2 Å². The van der Waals surface area contributed by atoms with E-state index in [2.05, 4.69) is 0 Å². The fourth-order valence-electron chi connectivity index (χ4n) is 1.47. The second kappa shape index (κ2) is 3.37. The van der Waals surface area contributed by atoms with Crippen molar-refractivity contribution in [3.05, 3.63) is 12.2 Å². The molecule has 11 heavy (non-hydrogen) atoms. The molecule has 1 aliphatic rings. The minimum absolute atomic E-state index is 0.0139. The highest BCUT2D eigenvalue weighted by Crippen LogP contribution is 2.23. The number of hydrogen-bond donors (Lipinski definition) is 2. The van der Waals surface area contributed by atoms with E-state index in [4.69, 9.17) is 0 Å². The lowest BCUT2D eigenvalue weighted by atomic mass is 9.91. The van der Waals surface area contributed by atoms with E-state index >= 15 is 0 Å². The third-order valence-corrected chi connectivity index (χ3v) is 2.50. The summed E-state index contributed by atoms with van der Waals surface area (Å²) in [5.74, 6) is 0.155. The number of rotatable bonds is 0. The van der Waals surface area contributed by atoms with Crippen molar-refractivity contribution in [2.45, 2.75) is 32.5 Å². The third-order valence-electron chi connectivity index (χ3n) is 2.50. The molecule has 2 heteroatoms. The maximum absolute atomic E-state index is 9.59. The van der Waals surface area contributed by atoms with Crippen LogP contribution in [0.25, 0.3) is 0 Å². The largest absolute Gasteiger partial charge is 0.392 e. The summed E-state index contributed by atoms with van der Waals surface area (Å²) in [7, 11) is 0. The molecule has 0 spiro atoms. The molecule has 1 aliphatic carbocycles. The van der Waals surface area contributed by atoms with Gasteiger partial charge in [-0.2, -0.15) is 0 Å². The first-order chi connectivity index (χ1) is 5.13. The Labute approximate surface area is 67.6 Å². The lowest BCUT2D eigenvalue weighted by Gasteiger charge is -2.23. The number of aliphatic hydroxyl groups is 2. The van der Waals surface area contributed by atoms with Gasteiger partial charge in [0, 0.05) is 11.8 Å². The van der Waals surface area contributed by atoms with Gasteiger partial charge in [-0.05, 0) is 6.42 Å². The first kappa shape index (κ1) is 8.75. The smallest absolute Gasteiger partial charge is 0.0650 e. The standard InChI is InChI=1S/C9H16O2/c1-6-4-3-5-8(10)7(2)9(6)11/h3-4,6-11H,5H2,1-2H3/t6-,7+,8-,9-/m1/s1. The number of hydrogen-bond acceptors (Lipinski definition) is 2. The molecule has 0 bridgehead atoms. The first-order valence-corrected chi connectivity index (χ1v) is 4.15. The average molecular weight is 156 g/mol. The van der Waals surface area contributed by atoms with Crippen LogP contribution in [0.5, 0.6) is 0 Å². The zero-order chi connectivity index (χ0) is 8.43. The van der Waals surface area contributed by atoms with Crippen molar-refractivity contribution in [2.75, 3.05) is 0 Å². The Morgan fingerprint density at radius 2 is 1.91 bits per heavy atom. The molecule has 0 heterocycles. The van der Waals surface area contributed by atoms with Crippen LogP contribution in [-0.2, 0) is 0 Å². The normalized spacial score (nSPS) is 45.5. The molecule has 0 saturated carbocycles. The summed E-state index contributed by atoms with van der Waals surface area (Å²) in [6.45, 7) is 3.86. The number of aliphatic hydroxyl groups excluding tert-OH is 2. The van der Waals surface area contributed by atoms with Crippen molar-refractivity contribution in [2.24, 2.45) is 11.8 Å². The molecule has 0 amide bonds. The Kier molecular flexibility index (Phi) is 2.68. The van der Waals surface area contributed by atoms with Crippen LogP contribution in [0.1, 0.15) is 20.3 Å². The summed E-state index contributed by atoms with van der Waals surface area (Å²) in [4.78, 5) is 0. The molecule has 0 aromatic heterocycles. The second-order valence-corrected chi connectivity index (χ2v) is 3.44. The van der Waals surface area contributed by atoms with Crippen molar-refractivity contribution in [1.29, 1.82) is 0 Å². The van der Waals surface area contributed by atoms with Crippen LogP contribution in [0.15, 0.2) is 12.2 Å². The van der Waals surface area contributed by atoms with E-state index in [-0.39, 0.29) is 17.9 Å². The molecule has 64 valence electrons. The molecular weight excluding hydrogens is 140 g/mol. The molecular formula is C9H16O2. The molecule has 0 aromatic carbocycles. The maximum atomic E-state index is 9.59. The molecule has 2 N–H and O–H groups in total. The summed E-state index contributed by atoms with van der Waals surface area (Å²) in [5, 5.41) is 19.0. The van der Waals surface area contributed by atoms with Gasteiger partial charge >= 0.3 is 0 Å². The van der Waals surface area contributed by atoms with Gasteiger partial charge in [-0.25, -0.2) is 0 Å². The fraction of sp³-hybridized carbons (Fsp3) is 0.778. The molecule has 0 fully saturated rings. The molecule has 0 aliphatic heterocycles. The monoisotopic (exact) mass is 156 g/mol. The zero-order valence-electron chi connectivity index (χ0n) is 7.07. The summed E-state index contributed by atoms with van der Waals surface area (Å²) < 4.78 is 0. The highest BCUT2D eigenvalue weighted by Gasteiger charge is 2.26. The van der Waals surface area contributed by atoms with Crippen LogP contribution in [-0.4, -0.2) is 22.4 Å². The van der Waals surface area contributed by atoms with Gasteiger partial charge in [0.2, 0.25) is 0 Å². The van der Waals surface area contributed by atoms with E-state index in [1.54, 1.807) is 0 Å². The van der Waals surface area contributed by atoms with Crippen molar-refractivity contribution in [3.8, 4) is 0 Å². The highest BCUT2D eigenvalue weighted by molar-refractivity contribution is 4.98. The Morgan fingerprint density at radius 1 is 1.27 bits per heavy atom. The predicted molar refractivity (Wildman–Crippen MR) is 44.1 cm³/mol. The van der Waals surface area contributed by atoms with Gasteiger partial charge in [0.25, 0.3) is 0 Å². The molecule has 1 rings (SSSR count). The fourth-order valence-corrected chi connectivity index (χ4v) is 1.47. The van der Waals surface area contributed by atoms with Crippen LogP contribution in [0.3, 0.4) is 0 Å². The quantitative estimate of drug-likeness (QED) is 0.512.